The van der Waals surface area contributed by atoms with Gasteiger partial charge < -0.3 is 10.2 Å². The molecule has 0 bridgehead atoms. The van der Waals surface area contributed by atoms with E-state index in [9.17, 15) is 10.2 Å². The minimum absolute atomic E-state index is 0. The van der Waals surface area contributed by atoms with Crippen molar-refractivity contribution in [3.05, 3.63) is 107 Å². The Morgan fingerprint density at radius 3 is 1.75 bits per heavy atom. The minimum Gasteiger partial charge on any atom is -0.875 e. The van der Waals surface area contributed by atoms with Gasteiger partial charge in [0.15, 0.2) is 0 Å². The van der Waals surface area contributed by atoms with Crippen LogP contribution in [0.15, 0.2) is 102 Å². The van der Waals surface area contributed by atoms with E-state index in [4.69, 9.17) is 0 Å². The number of allylic oxidation sites excluding steroid dienone is 12. The molecule has 2 nitrogen and oxygen atoms in total. The van der Waals surface area contributed by atoms with E-state index in [-0.39, 0.29) is 28.6 Å². The van der Waals surface area contributed by atoms with Crippen molar-refractivity contribution in [3.8, 4) is 11.8 Å². The Kier molecular flexibility index (Phi) is 8.22. The topological polar surface area (TPSA) is 46.1 Å². The summed E-state index contributed by atoms with van der Waals surface area (Å²) in [5.41, 5.74) is 2.31. The van der Waals surface area contributed by atoms with Gasteiger partial charge in [0.05, 0.1) is 0 Å². The number of hydrogen-bond donors (Lipinski definition) is 0. The maximum atomic E-state index is 11.5. The molecule has 0 N–H and O–H groups in total. The summed E-state index contributed by atoms with van der Waals surface area (Å²) in [7, 11) is 0. The Bertz CT molecular complexity index is 763. The van der Waals surface area contributed by atoms with Crippen LogP contribution < -0.4 is 10.2 Å². The third-order valence-corrected chi connectivity index (χ3v) is 3.09. The van der Waals surface area contributed by atoms with Crippen molar-refractivity contribution in [2.75, 3.05) is 0 Å². The molecule has 0 saturated carbocycles. The van der Waals surface area contributed by atoms with Gasteiger partial charge in [-0.05, 0) is 29.0 Å². The molecule has 24 heavy (non-hydrogen) atoms. The fourth-order valence-corrected chi connectivity index (χ4v) is 1.86. The predicted molar refractivity (Wildman–Crippen MR) is 89.6 cm³/mol. The van der Waals surface area contributed by atoms with Crippen LogP contribution in [0.1, 0.15) is 12.5 Å². The maximum Gasteiger partial charge on any atom is 2.00 e. The predicted octanol–water partition coefficient (Wildman–Crippen LogP) is 2.52. The fraction of sp³-hybridized carbons (Fsp3) is 0.0476. The monoisotopic (exact) mass is 356 g/mol. The first-order valence-corrected chi connectivity index (χ1v) is 7.22. The van der Waals surface area contributed by atoms with Gasteiger partial charge in [0.25, 0.3) is 0 Å². The van der Waals surface area contributed by atoms with Crippen LogP contribution in [0.5, 0.6) is 0 Å². The second-order valence-corrected chi connectivity index (χ2v) is 4.85. The first-order valence-electron chi connectivity index (χ1n) is 7.22. The van der Waals surface area contributed by atoms with Crippen LogP contribution in [0.2, 0.25) is 0 Å². The quantitative estimate of drug-likeness (QED) is 0.407. The summed E-state index contributed by atoms with van der Waals surface area (Å²) in [6, 6.07) is 9.48. The smallest absolute Gasteiger partial charge is 0.875 e. The van der Waals surface area contributed by atoms with E-state index in [0.29, 0.717) is 5.57 Å². The van der Waals surface area contributed by atoms with Crippen LogP contribution in [0.4, 0.5) is 0 Å². The van der Waals surface area contributed by atoms with Crippen LogP contribution >= 0.6 is 0 Å². The van der Waals surface area contributed by atoms with Gasteiger partial charge in [-0.2, -0.15) is 0 Å². The summed E-state index contributed by atoms with van der Waals surface area (Å²) in [6.45, 7) is 1.56. The Morgan fingerprint density at radius 2 is 1.29 bits per heavy atom. The summed E-state index contributed by atoms with van der Waals surface area (Å²) < 4.78 is 0. The molecule has 0 heterocycles. The molecule has 0 unspecified atom stereocenters. The number of benzene rings is 1. The number of rotatable bonds is 0. The molecule has 1 aromatic carbocycles. The molecule has 2 aliphatic rings. The molecule has 3 rings (SSSR count). The van der Waals surface area contributed by atoms with E-state index in [0.717, 1.165) is 11.1 Å². The van der Waals surface area contributed by atoms with Crippen molar-refractivity contribution in [1.82, 2.24) is 0 Å². The van der Waals surface area contributed by atoms with E-state index in [2.05, 4.69) is 11.8 Å². The van der Waals surface area contributed by atoms with Gasteiger partial charge in [-0.1, -0.05) is 85.6 Å². The molecule has 120 valence electrons. The normalized spacial score (nSPS) is 12.9. The van der Waals surface area contributed by atoms with Gasteiger partial charge >= 0.3 is 17.1 Å². The van der Waals surface area contributed by atoms with Crippen molar-refractivity contribution < 1.29 is 27.3 Å². The molecule has 0 aliphatic heterocycles. The second kappa shape index (κ2) is 10.2. The third-order valence-electron chi connectivity index (χ3n) is 3.09. The van der Waals surface area contributed by atoms with Gasteiger partial charge in [0, 0.05) is 5.56 Å². The van der Waals surface area contributed by atoms with E-state index < -0.39 is 0 Å². The fourth-order valence-electron chi connectivity index (χ4n) is 1.86. The van der Waals surface area contributed by atoms with E-state index >= 15 is 0 Å². The Labute approximate surface area is 153 Å². The largest absolute Gasteiger partial charge is 2.00 e. The molecule has 0 atom stereocenters. The van der Waals surface area contributed by atoms with Crippen molar-refractivity contribution in [2.45, 2.75) is 6.92 Å². The second-order valence-electron chi connectivity index (χ2n) is 4.85. The minimum atomic E-state index is -0.135. The molecule has 2 aliphatic carbocycles. The van der Waals surface area contributed by atoms with Crippen LogP contribution in [0.25, 0.3) is 0 Å². The zero-order chi connectivity index (χ0) is 16.5. The van der Waals surface area contributed by atoms with Gasteiger partial charge in [0.1, 0.15) is 0 Å². The van der Waals surface area contributed by atoms with Crippen molar-refractivity contribution >= 4 is 0 Å². The van der Waals surface area contributed by atoms with Crippen LogP contribution in [-0.4, -0.2) is 0 Å². The summed E-state index contributed by atoms with van der Waals surface area (Å²) in [6.07, 6.45) is 14.5. The SMILES string of the molecule is CC([O-])=C1C=CC=C1.[Fe+2].[O-]C(C#Cc1ccccc1)=C1C=CC=C1. The van der Waals surface area contributed by atoms with E-state index in [1.54, 1.807) is 19.1 Å². The molecule has 0 saturated heterocycles. The standard InChI is InChI=1S/C14H10O.C7H8O.Fe/c15-14(13-8-4-5-9-13)11-10-12-6-2-1-3-7-12;1-6(8)7-4-2-3-5-7;/h1-9,15H;2-5,8H,1H3;/q;;+2/p-2. The molecule has 0 amide bonds. The van der Waals surface area contributed by atoms with E-state index in [1.165, 1.54) is 0 Å². The van der Waals surface area contributed by atoms with Gasteiger partial charge in [-0.25, -0.2) is 0 Å². The molecule has 0 fully saturated rings. The molecule has 0 spiro atoms. The first kappa shape index (κ1) is 19.4. The summed E-state index contributed by atoms with van der Waals surface area (Å²) in [4.78, 5) is 0. The summed E-state index contributed by atoms with van der Waals surface area (Å²) in [5.74, 6) is 5.44. The Balaban J connectivity index is 0.000000273. The Morgan fingerprint density at radius 1 is 0.792 bits per heavy atom. The summed E-state index contributed by atoms with van der Waals surface area (Å²) in [5, 5.41) is 22.0. The summed E-state index contributed by atoms with van der Waals surface area (Å²) >= 11 is 0. The zero-order valence-electron chi connectivity index (χ0n) is 13.2. The molecule has 0 radical (unpaired) electrons. The van der Waals surface area contributed by atoms with Crippen LogP contribution in [0.3, 0.4) is 0 Å². The maximum absolute atomic E-state index is 11.5. The van der Waals surface area contributed by atoms with Gasteiger partial charge in [-0.3, -0.25) is 0 Å². The molecule has 0 aromatic heterocycles. The van der Waals surface area contributed by atoms with Crippen LogP contribution in [0, 0.1) is 11.8 Å². The molecule has 1 aromatic rings. The van der Waals surface area contributed by atoms with Crippen molar-refractivity contribution in [2.24, 2.45) is 0 Å². The average Bonchev–Trinajstić information content (AvgIpc) is 3.27. The number of hydrogen-bond acceptors (Lipinski definition) is 2. The first-order chi connectivity index (χ1) is 11.2. The Hall–Kier alpha value is -2.66. The molecular weight excluding hydrogens is 340 g/mol. The van der Waals surface area contributed by atoms with Gasteiger partial charge in [0.2, 0.25) is 0 Å². The van der Waals surface area contributed by atoms with Gasteiger partial charge in [-0.15, -0.1) is 5.76 Å². The van der Waals surface area contributed by atoms with Crippen LogP contribution in [-0.2, 0) is 17.1 Å². The van der Waals surface area contributed by atoms with E-state index in [1.807, 2.05) is 66.8 Å². The third kappa shape index (κ3) is 6.22. The van der Waals surface area contributed by atoms with Crippen molar-refractivity contribution in [3.63, 3.8) is 0 Å². The average molecular weight is 356 g/mol. The zero-order valence-corrected chi connectivity index (χ0v) is 14.3. The molecular formula is C21H16FeO2. The van der Waals surface area contributed by atoms with Crippen molar-refractivity contribution in [1.29, 1.82) is 0 Å². The molecule has 3 heteroatoms.